The van der Waals surface area contributed by atoms with Gasteiger partial charge in [0.2, 0.25) is 0 Å². The van der Waals surface area contributed by atoms with Crippen molar-refractivity contribution in [1.29, 1.82) is 0 Å². The first-order chi connectivity index (χ1) is 5.88. The second kappa shape index (κ2) is 3.27. The number of furan rings is 1. The zero-order valence-corrected chi connectivity index (χ0v) is 6.85. The number of rotatable bonds is 1. The van der Waals surface area contributed by atoms with Crippen molar-refractivity contribution in [2.24, 2.45) is 0 Å². The third kappa shape index (κ3) is 1.37. The summed E-state index contributed by atoms with van der Waals surface area (Å²) in [6.45, 7) is 0.981. The van der Waals surface area contributed by atoms with E-state index in [9.17, 15) is 4.39 Å². The second-order valence-electron chi connectivity index (χ2n) is 3.15. The number of halogens is 1. The molecule has 3 heteroatoms. The van der Waals surface area contributed by atoms with Crippen LogP contribution in [0.3, 0.4) is 0 Å². The van der Waals surface area contributed by atoms with Gasteiger partial charge in [0.25, 0.3) is 6.01 Å². The summed E-state index contributed by atoms with van der Waals surface area (Å²) in [4.78, 5) is 0. The molecule has 0 aliphatic carbocycles. The average molecular weight is 169 g/mol. The van der Waals surface area contributed by atoms with Gasteiger partial charge in [-0.2, -0.15) is 4.39 Å². The fraction of sp³-hybridized carbons (Fsp3) is 0.556. The number of hydrogen-bond donors (Lipinski definition) is 1. The predicted molar refractivity (Wildman–Crippen MR) is 43.3 cm³/mol. The van der Waals surface area contributed by atoms with Gasteiger partial charge in [0.05, 0.1) is 6.26 Å². The topological polar surface area (TPSA) is 25.2 Å². The van der Waals surface area contributed by atoms with Gasteiger partial charge in [0.1, 0.15) is 0 Å². The van der Waals surface area contributed by atoms with Crippen LogP contribution in [0.1, 0.15) is 30.9 Å². The van der Waals surface area contributed by atoms with E-state index < -0.39 is 6.01 Å². The van der Waals surface area contributed by atoms with Crippen LogP contribution in [0.4, 0.5) is 4.39 Å². The van der Waals surface area contributed by atoms with E-state index in [-0.39, 0.29) is 6.04 Å². The highest BCUT2D eigenvalue weighted by molar-refractivity contribution is 5.13. The molecule has 1 N–H and O–H groups in total. The minimum Gasteiger partial charge on any atom is -0.439 e. The summed E-state index contributed by atoms with van der Waals surface area (Å²) in [5.74, 6) is 0. The quantitative estimate of drug-likeness (QED) is 0.697. The molecule has 0 radical (unpaired) electrons. The van der Waals surface area contributed by atoms with Crippen LogP contribution < -0.4 is 5.32 Å². The summed E-state index contributed by atoms with van der Waals surface area (Å²) in [5.41, 5.74) is 0.676. The third-order valence-electron chi connectivity index (χ3n) is 2.33. The smallest absolute Gasteiger partial charge is 0.282 e. The Morgan fingerprint density at radius 3 is 3.00 bits per heavy atom. The molecule has 0 amide bonds. The lowest BCUT2D eigenvalue weighted by Gasteiger charge is -2.21. The zero-order chi connectivity index (χ0) is 8.39. The predicted octanol–water partition coefficient (Wildman–Crippen LogP) is 2.23. The lowest BCUT2D eigenvalue weighted by Crippen LogP contribution is -2.26. The molecule has 0 aromatic carbocycles. The van der Waals surface area contributed by atoms with Gasteiger partial charge in [-0.25, -0.2) is 0 Å². The van der Waals surface area contributed by atoms with E-state index in [0.717, 1.165) is 13.0 Å². The van der Waals surface area contributed by atoms with E-state index in [2.05, 4.69) is 9.73 Å². The highest BCUT2D eigenvalue weighted by atomic mass is 19.1. The van der Waals surface area contributed by atoms with Crippen molar-refractivity contribution in [3.63, 3.8) is 0 Å². The zero-order valence-electron chi connectivity index (χ0n) is 6.85. The largest absolute Gasteiger partial charge is 0.439 e. The average Bonchev–Trinajstić information content (AvgIpc) is 2.53. The Morgan fingerprint density at radius 2 is 2.42 bits per heavy atom. The number of hydrogen-bond acceptors (Lipinski definition) is 2. The van der Waals surface area contributed by atoms with E-state index in [0.29, 0.717) is 5.56 Å². The molecule has 0 unspecified atom stereocenters. The maximum Gasteiger partial charge on any atom is 0.282 e. The fourth-order valence-electron chi connectivity index (χ4n) is 1.67. The van der Waals surface area contributed by atoms with Crippen molar-refractivity contribution in [1.82, 2.24) is 5.32 Å². The van der Waals surface area contributed by atoms with Crippen LogP contribution in [0.25, 0.3) is 0 Å². The third-order valence-corrected chi connectivity index (χ3v) is 2.33. The second-order valence-corrected chi connectivity index (χ2v) is 3.15. The molecule has 12 heavy (non-hydrogen) atoms. The van der Waals surface area contributed by atoms with Gasteiger partial charge in [0.15, 0.2) is 0 Å². The van der Waals surface area contributed by atoms with Gasteiger partial charge in [0, 0.05) is 11.6 Å². The first-order valence-electron chi connectivity index (χ1n) is 4.34. The molecule has 1 aliphatic rings. The minimum absolute atomic E-state index is 0.164. The molecule has 1 fully saturated rings. The Balaban J connectivity index is 2.13. The van der Waals surface area contributed by atoms with Gasteiger partial charge >= 0.3 is 0 Å². The Bertz CT molecular complexity index is 253. The molecule has 2 nitrogen and oxygen atoms in total. The number of piperidine rings is 1. The molecule has 1 aromatic rings. The molecule has 2 rings (SSSR count). The molecule has 1 aliphatic heterocycles. The van der Waals surface area contributed by atoms with Crippen LogP contribution >= 0.6 is 0 Å². The maximum atomic E-state index is 12.9. The molecule has 66 valence electrons. The Labute approximate surface area is 70.8 Å². The van der Waals surface area contributed by atoms with E-state index in [4.69, 9.17) is 0 Å². The molecule has 1 atom stereocenters. The monoisotopic (exact) mass is 169 g/mol. The summed E-state index contributed by atoms with van der Waals surface area (Å²) in [6.07, 6.45) is 4.77. The van der Waals surface area contributed by atoms with Crippen molar-refractivity contribution < 1.29 is 8.81 Å². The molecule has 0 saturated carbocycles. The summed E-state index contributed by atoms with van der Waals surface area (Å²) in [5, 5.41) is 3.26. The fourth-order valence-corrected chi connectivity index (χ4v) is 1.67. The van der Waals surface area contributed by atoms with Crippen LogP contribution in [-0.4, -0.2) is 6.54 Å². The van der Waals surface area contributed by atoms with Gasteiger partial charge in [-0.1, -0.05) is 6.42 Å². The highest BCUT2D eigenvalue weighted by Gasteiger charge is 2.19. The minimum atomic E-state index is -0.436. The Kier molecular flexibility index (Phi) is 2.13. The van der Waals surface area contributed by atoms with Gasteiger partial charge in [-0.15, -0.1) is 0 Å². The van der Waals surface area contributed by atoms with Gasteiger partial charge in [-0.3, -0.25) is 0 Å². The molecular weight excluding hydrogens is 157 g/mol. The molecular formula is C9H12FNO. The molecule has 1 saturated heterocycles. The van der Waals surface area contributed by atoms with E-state index in [1.807, 2.05) is 0 Å². The van der Waals surface area contributed by atoms with Crippen molar-refractivity contribution in [2.45, 2.75) is 25.3 Å². The van der Waals surface area contributed by atoms with Crippen LogP contribution in [0.5, 0.6) is 0 Å². The van der Waals surface area contributed by atoms with Crippen molar-refractivity contribution in [2.75, 3.05) is 6.54 Å². The van der Waals surface area contributed by atoms with Gasteiger partial charge in [-0.05, 0) is 25.5 Å². The van der Waals surface area contributed by atoms with E-state index in [1.54, 1.807) is 6.07 Å². The first-order valence-corrected chi connectivity index (χ1v) is 4.34. The molecule has 2 heterocycles. The van der Waals surface area contributed by atoms with Crippen LogP contribution in [0.15, 0.2) is 16.7 Å². The highest BCUT2D eigenvalue weighted by Crippen LogP contribution is 2.25. The van der Waals surface area contributed by atoms with Crippen LogP contribution in [-0.2, 0) is 0 Å². The van der Waals surface area contributed by atoms with Gasteiger partial charge < -0.3 is 9.73 Å². The summed E-state index contributed by atoms with van der Waals surface area (Å²) >= 11 is 0. The van der Waals surface area contributed by atoms with Crippen molar-refractivity contribution in [3.05, 3.63) is 23.9 Å². The van der Waals surface area contributed by atoms with Crippen LogP contribution in [0.2, 0.25) is 0 Å². The van der Waals surface area contributed by atoms with E-state index in [1.165, 1.54) is 19.1 Å². The normalized spacial score (nSPS) is 24.2. The van der Waals surface area contributed by atoms with E-state index >= 15 is 0 Å². The molecule has 0 spiro atoms. The van der Waals surface area contributed by atoms with Crippen molar-refractivity contribution in [3.8, 4) is 0 Å². The summed E-state index contributed by atoms with van der Waals surface area (Å²) in [7, 11) is 0. The SMILES string of the molecule is Fc1occc1[C@H]1CCCCN1. The van der Waals surface area contributed by atoms with Crippen LogP contribution in [0, 0.1) is 6.01 Å². The summed E-state index contributed by atoms with van der Waals surface area (Å²) in [6, 6.07) is 1.44. The number of nitrogens with one attached hydrogen (secondary N) is 1. The summed E-state index contributed by atoms with van der Waals surface area (Å²) < 4.78 is 17.5. The Morgan fingerprint density at radius 1 is 1.50 bits per heavy atom. The maximum absolute atomic E-state index is 12.9. The molecule has 0 bridgehead atoms. The Hall–Kier alpha value is -0.830. The standard InChI is InChI=1S/C9H12FNO/c10-9-7(4-6-12-9)8-3-1-2-5-11-8/h4,6,8,11H,1-3,5H2/t8-/m1/s1. The van der Waals surface area contributed by atoms with Crippen molar-refractivity contribution >= 4 is 0 Å². The first kappa shape index (κ1) is 7.80. The molecule has 1 aromatic heterocycles. The lowest BCUT2D eigenvalue weighted by molar-refractivity contribution is 0.329. The lowest BCUT2D eigenvalue weighted by atomic mass is 10.00.